The molecule has 10 aromatic rings. The maximum absolute atomic E-state index is 4.61. The maximum Gasteiger partial charge on any atom is 0.0541 e. The van der Waals surface area contributed by atoms with Crippen molar-refractivity contribution >= 4 is 44.0 Å². The standard InChI is InChI=1S/C62H50N2/c1-40-14-5-4-6-15-43-28-31-50(39-57(43)62(40,2)3)64-60-23-12-10-21-52(60)56-38-47(30-33-61(56)64)42-26-24-41(25-27-42)46-29-32-59-54(36-46)49-19-13-18-48(34-49)53-35-44-16-7-8-17-45(44)37-55(53)51-20-9-11-22-58(51)63-59/h7-13,16-39,63H,1,4-6,14-15H2,2-3H3. The van der Waals surface area contributed by atoms with Gasteiger partial charge in [-0.05, 0) is 159 Å². The smallest absolute Gasteiger partial charge is 0.0541 e. The predicted octanol–water partition coefficient (Wildman–Crippen LogP) is 17.3. The molecule has 0 saturated heterocycles. The topological polar surface area (TPSA) is 17.0 Å². The third-order valence-corrected chi connectivity index (χ3v) is 14.4. The first-order valence-electron chi connectivity index (χ1n) is 23.0. The molecule has 1 aliphatic heterocycles. The van der Waals surface area contributed by atoms with Crippen LogP contribution in [0.1, 0.15) is 50.7 Å². The van der Waals surface area contributed by atoms with Crippen molar-refractivity contribution in [2.45, 2.75) is 51.4 Å². The lowest BCUT2D eigenvalue weighted by Crippen LogP contribution is -2.22. The normalized spacial score (nSPS) is 14.4. The number of rotatable bonds is 3. The summed E-state index contributed by atoms with van der Waals surface area (Å²) in [6.45, 7) is 9.35. The molecule has 2 aliphatic rings. The van der Waals surface area contributed by atoms with Gasteiger partial charge in [-0.1, -0.05) is 154 Å². The number of para-hydroxylation sites is 2. The van der Waals surface area contributed by atoms with Gasteiger partial charge in [0.15, 0.2) is 0 Å². The van der Waals surface area contributed by atoms with Gasteiger partial charge in [0.25, 0.3) is 0 Å². The van der Waals surface area contributed by atoms with Crippen LogP contribution in [0.3, 0.4) is 0 Å². The highest BCUT2D eigenvalue weighted by molar-refractivity contribution is 6.10. The fourth-order valence-electron chi connectivity index (χ4n) is 10.7. The highest BCUT2D eigenvalue weighted by atomic mass is 15.0. The summed E-state index contributed by atoms with van der Waals surface area (Å²) in [4.78, 5) is 0. The average Bonchev–Trinajstić information content (AvgIpc) is 3.69. The lowest BCUT2D eigenvalue weighted by Gasteiger charge is -2.30. The quantitative estimate of drug-likeness (QED) is 0.176. The first kappa shape index (κ1) is 38.3. The Morgan fingerprint density at radius 3 is 1.91 bits per heavy atom. The van der Waals surface area contributed by atoms with Gasteiger partial charge in [-0.3, -0.25) is 0 Å². The molecular weight excluding hydrogens is 773 g/mol. The van der Waals surface area contributed by atoms with Crippen LogP contribution in [-0.4, -0.2) is 4.57 Å². The summed E-state index contributed by atoms with van der Waals surface area (Å²) >= 11 is 0. The van der Waals surface area contributed by atoms with Crippen LogP contribution in [0.4, 0.5) is 11.4 Å². The monoisotopic (exact) mass is 822 g/mol. The number of aryl methyl sites for hydroxylation is 1. The minimum Gasteiger partial charge on any atom is -0.355 e. The van der Waals surface area contributed by atoms with E-state index in [2.05, 4.69) is 218 Å². The van der Waals surface area contributed by atoms with E-state index in [1.165, 1.54) is 130 Å². The lowest BCUT2D eigenvalue weighted by atomic mass is 9.74. The minimum atomic E-state index is -0.0818. The largest absolute Gasteiger partial charge is 0.355 e. The Balaban J connectivity index is 0.915. The molecule has 0 amide bonds. The molecule has 1 N–H and O–H groups in total. The highest BCUT2D eigenvalue weighted by Crippen LogP contribution is 2.45. The van der Waals surface area contributed by atoms with Gasteiger partial charge >= 0.3 is 0 Å². The minimum absolute atomic E-state index is 0.0818. The van der Waals surface area contributed by atoms with E-state index in [-0.39, 0.29) is 5.41 Å². The average molecular weight is 823 g/mol. The number of anilines is 2. The second-order valence-corrected chi connectivity index (χ2v) is 18.5. The van der Waals surface area contributed by atoms with Crippen molar-refractivity contribution in [3.05, 3.63) is 211 Å². The fraction of sp³-hybridized carbons (Fsp3) is 0.129. The summed E-state index contributed by atoms with van der Waals surface area (Å²) in [7, 11) is 0. The molecule has 2 bridgehead atoms. The second-order valence-electron chi connectivity index (χ2n) is 18.5. The zero-order valence-electron chi connectivity index (χ0n) is 36.6. The molecule has 2 heteroatoms. The van der Waals surface area contributed by atoms with Crippen molar-refractivity contribution < 1.29 is 0 Å². The van der Waals surface area contributed by atoms with E-state index in [4.69, 9.17) is 0 Å². The van der Waals surface area contributed by atoms with Gasteiger partial charge in [0, 0.05) is 44.4 Å². The fourth-order valence-corrected chi connectivity index (χ4v) is 10.7. The number of allylic oxidation sites excluding steroid dienone is 1. The van der Waals surface area contributed by atoms with Crippen LogP contribution in [0.25, 0.3) is 93.9 Å². The number of aromatic nitrogens is 1. The summed E-state index contributed by atoms with van der Waals surface area (Å²) in [5.74, 6) is 0. The van der Waals surface area contributed by atoms with Crippen molar-refractivity contribution in [3.8, 4) is 61.3 Å². The number of hydrogen-bond acceptors (Lipinski definition) is 1. The Kier molecular flexibility index (Phi) is 9.05. The Morgan fingerprint density at radius 2 is 1.08 bits per heavy atom. The molecule has 12 rings (SSSR count). The molecule has 64 heavy (non-hydrogen) atoms. The van der Waals surface area contributed by atoms with Gasteiger partial charge < -0.3 is 9.88 Å². The Morgan fingerprint density at radius 1 is 0.438 bits per heavy atom. The Bertz CT molecular complexity index is 3490. The Hall–Kier alpha value is -7.42. The molecule has 0 atom stereocenters. The molecule has 1 aliphatic carbocycles. The van der Waals surface area contributed by atoms with E-state index >= 15 is 0 Å². The van der Waals surface area contributed by atoms with E-state index in [9.17, 15) is 0 Å². The van der Waals surface area contributed by atoms with Gasteiger partial charge in [0.1, 0.15) is 0 Å². The van der Waals surface area contributed by atoms with Crippen LogP contribution in [0, 0.1) is 0 Å². The molecule has 2 heterocycles. The summed E-state index contributed by atoms with van der Waals surface area (Å²) in [5.41, 5.74) is 22.1. The van der Waals surface area contributed by atoms with Crippen molar-refractivity contribution in [2.75, 3.05) is 5.32 Å². The zero-order valence-corrected chi connectivity index (χ0v) is 36.6. The van der Waals surface area contributed by atoms with E-state index in [0.29, 0.717) is 0 Å². The van der Waals surface area contributed by atoms with Gasteiger partial charge in [-0.25, -0.2) is 0 Å². The number of nitrogens with zero attached hydrogens (tertiary/aromatic N) is 1. The zero-order chi connectivity index (χ0) is 42.9. The van der Waals surface area contributed by atoms with Gasteiger partial charge in [0.05, 0.1) is 11.0 Å². The van der Waals surface area contributed by atoms with Gasteiger partial charge in [-0.2, -0.15) is 0 Å². The van der Waals surface area contributed by atoms with Crippen LogP contribution in [0.2, 0.25) is 0 Å². The lowest BCUT2D eigenvalue weighted by molar-refractivity contribution is 0.581. The second kappa shape index (κ2) is 15.1. The van der Waals surface area contributed by atoms with Gasteiger partial charge in [-0.15, -0.1) is 0 Å². The molecule has 9 aromatic carbocycles. The molecule has 0 saturated carbocycles. The van der Waals surface area contributed by atoms with E-state index in [0.717, 1.165) is 24.2 Å². The molecule has 0 spiro atoms. The molecule has 1 aromatic heterocycles. The maximum atomic E-state index is 4.61. The highest BCUT2D eigenvalue weighted by Gasteiger charge is 2.28. The van der Waals surface area contributed by atoms with E-state index in [1.54, 1.807) is 0 Å². The summed E-state index contributed by atoms with van der Waals surface area (Å²) in [6, 6.07) is 70.2. The molecule has 308 valence electrons. The number of hydrogen-bond donors (Lipinski definition) is 1. The van der Waals surface area contributed by atoms with Crippen LogP contribution in [0.5, 0.6) is 0 Å². The van der Waals surface area contributed by atoms with Crippen molar-refractivity contribution in [3.63, 3.8) is 0 Å². The van der Waals surface area contributed by atoms with Crippen LogP contribution < -0.4 is 5.32 Å². The summed E-state index contributed by atoms with van der Waals surface area (Å²) in [5, 5.41) is 8.90. The number of benzene rings is 9. The number of fused-ring (bicyclic) bond motifs is 13. The first-order valence-corrected chi connectivity index (χ1v) is 23.0. The van der Waals surface area contributed by atoms with Gasteiger partial charge in [0.2, 0.25) is 0 Å². The van der Waals surface area contributed by atoms with Crippen LogP contribution >= 0.6 is 0 Å². The predicted molar refractivity (Wildman–Crippen MR) is 273 cm³/mol. The van der Waals surface area contributed by atoms with Crippen LogP contribution in [0.15, 0.2) is 200 Å². The molecule has 0 unspecified atom stereocenters. The first-order chi connectivity index (χ1) is 31.4. The Labute approximate surface area is 376 Å². The number of nitrogens with one attached hydrogen (secondary N) is 1. The molecule has 2 nitrogen and oxygen atoms in total. The third-order valence-electron chi connectivity index (χ3n) is 14.4. The summed E-state index contributed by atoms with van der Waals surface area (Å²) < 4.78 is 2.47. The van der Waals surface area contributed by atoms with Crippen molar-refractivity contribution in [1.29, 1.82) is 0 Å². The summed E-state index contributed by atoms with van der Waals surface area (Å²) in [6.07, 6.45) is 5.95. The van der Waals surface area contributed by atoms with E-state index < -0.39 is 0 Å². The SMILES string of the molecule is C=C1CCCCCc2ccc(-n3c4ccccc4c4cc(-c5ccc(-c6ccc7c(c6)-c6cccc(c6)-c6cc8ccccc8cc6-c6ccccc6N7)cc5)ccc43)cc2C1(C)C. The third kappa shape index (κ3) is 6.39. The van der Waals surface area contributed by atoms with Crippen molar-refractivity contribution in [1.82, 2.24) is 4.57 Å². The van der Waals surface area contributed by atoms with Crippen molar-refractivity contribution in [2.24, 2.45) is 0 Å². The molecule has 0 radical (unpaired) electrons. The molecule has 0 fully saturated rings. The van der Waals surface area contributed by atoms with E-state index in [1.807, 2.05) is 0 Å². The van der Waals surface area contributed by atoms with Crippen LogP contribution in [-0.2, 0) is 11.8 Å². The molecular formula is C62H50N2.